The number of nitrogens with one attached hydrogen (secondary N) is 1. The van der Waals surface area contributed by atoms with Gasteiger partial charge in [-0.15, -0.1) is 0 Å². The number of rotatable bonds is 4. The first-order valence-electron chi connectivity index (χ1n) is 7.27. The van der Waals surface area contributed by atoms with E-state index in [2.05, 4.69) is 40.9 Å². The molecule has 0 fully saturated rings. The van der Waals surface area contributed by atoms with Crippen molar-refractivity contribution < 1.29 is 0 Å². The Morgan fingerprint density at radius 2 is 2.15 bits per heavy atom. The molecule has 4 nitrogen and oxygen atoms in total. The molecule has 3 rings (SSSR count). The van der Waals surface area contributed by atoms with E-state index in [9.17, 15) is 0 Å². The molecule has 3 N–H and O–H groups in total. The number of hydrazine groups is 1. The molecule has 1 aliphatic rings. The van der Waals surface area contributed by atoms with Gasteiger partial charge in [-0.25, -0.2) is 0 Å². The zero-order valence-corrected chi connectivity index (χ0v) is 11.9. The van der Waals surface area contributed by atoms with Crippen molar-refractivity contribution in [2.45, 2.75) is 31.7 Å². The summed E-state index contributed by atoms with van der Waals surface area (Å²) in [4.78, 5) is 0. The highest BCUT2D eigenvalue weighted by atomic mass is 15.3. The van der Waals surface area contributed by atoms with Crippen LogP contribution in [0.25, 0.3) is 0 Å². The van der Waals surface area contributed by atoms with Gasteiger partial charge in [0.05, 0.1) is 5.69 Å². The Morgan fingerprint density at radius 3 is 2.85 bits per heavy atom. The van der Waals surface area contributed by atoms with Crippen LogP contribution in [-0.2, 0) is 26.3 Å². The standard InChI is InChI=1S/C16H22N4/c1-20-9-8-15(19-20)11-16(18-17)14-7-6-12-4-2-3-5-13(12)10-14/h2-5,8-9,14,16,18H,6-7,10-11,17H2,1H3. The molecule has 4 heteroatoms. The number of hydrogen-bond acceptors (Lipinski definition) is 3. The number of hydrogen-bond donors (Lipinski definition) is 2. The fourth-order valence-electron chi connectivity index (χ4n) is 3.23. The van der Waals surface area contributed by atoms with Gasteiger partial charge < -0.3 is 0 Å². The minimum absolute atomic E-state index is 0.290. The lowest BCUT2D eigenvalue weighted by atomic mass is 9.79. The van der Waals surface area contributed by atoms with E-state index in [0.29, 0.717) is 12.0 Å². The van der Waals surface area contributed by atoms with E-state index in [-0.39, 0.29) is 0 Å². The summed E-state index contributed by atoms with van der Waals surface area (Å²) >= 11 is 0. The van der Waals surface area contributed by atoms with Crippen LogP contribution in [-0.4, -0.2) is 15.8 Å². The monoisotopic (exact) mass is 270 g/mol. The summed E-state index contributed by atoms with van der Waals surface area (Å²) in [7, 11) is 1.95. The molecule has 0 saturated heterocycles. The second-order valence-corrected chi connectivity index (χ2v) is 5.73. The highest BCUT2D eigenvalue weighted by Crippen LogP contribution is 2.28. The van der Waals surface area contributed by atoms with Crippen LogP contribution in [0.5, 0.6) is 0 Å². The number of benzene rings is 1. The fraction of sp³-hybridized carbons (Fsp3) is 0.438. The quantitative estimate of drug-likeness (QED) is 0.655. The number of nitrogens with two attached hydrogens (primary N) is 1. The number of aromatic nitrogens is 2. The molecule has 1 aromatic carbocycles. The smallest absolute Gasteiger partial charge is 0.0640 e. The van der Waals surface area contributed by atoms with Gasteiger partial charge >= 0.3 is 0 Å². The van der Waals surface area contributed by atoms with Gasteiger partial charge in [-0.3, -0.25) is 16.0 Å². The summed E-state index contributed by atoms with van der Waals surface area (Å²) in [5.41, 5.74) is 7.09. The van der Waals surface area contributed by atoms with E-state index in [0.717, 1.165) is 25.0 Å². The van der Waals surface area contributed by atoms with Crippen molar-refractivity contribution in [3.63, 3.8) is 0 Å². The molecular formula is C16H22N4. The van der Waals surface area contributed by atoms with Crippen LogP contribution in [0.2, 0.25) is 0 Å². The summed E-state index contributed by atoms with van der Waals surface area (Å²) in [5.74, 6) is 6.37. The van der Waals surface area contributed by atoms with E-state index in [4.69, 9.17) is 5.84 Å². The Bertz CT molecular complexity index is 575. The molecule has 0 bridgehead atoms. The third-order valence-corrected chi connectivity index (χ3v) is 4.37. The molecule has 0 spiro atoms. The maximum atomic E-state index is 5.79. The lowest BCUT2D eigenvalue weighted by Crippen LogP contribution is -2.44. The molecule has 2 atom stereocenters. The average molecular weight is 270 g/mol. The largest absolute Gasteiger partial charge is 0.276 e. The van der Waals surface area contributed by atoms with Crippen LogP contribution in [0.15, 0.2) is 36.5 Å². The van der Waals surface area contributed by atoms with Gasteiger partial charge in [0.2, 0.25) is 0 Å². The summed E-state index contributed by atoms with van der Waals surface area (Å²) in [5, 5.41) is 4.46. The zero-order valence-electron chi connectivity index (χ0n) is 11.9. The third-order valence-electron chi connectivity index (χ3n) is 4.37. The lowest BCUT2D eigenvalue weighted by Gasteiger charge is -2.30. The van der Waals surface area contributed by atoms with Crippen molar-refractivity contribution in [2.24, 2.45) is 18.8 Å². The van der Waals surface area contributed by atoms with Crippen LogP contribution >= 0.6 is 0 Å². The summed E-state index contributed by atoms with van der Waals surface area (Å²) in [6.45, 7) is 0. The molecule has 1 aliphatic carbocycles. The van der Waals surface area contributed by atoms with Gasteiger partial charge in [0.15, 0.2) is 0 Å². The summed E-state index contributed by atoms with van der Waals surface area (Å²) < 4.78 is 1.85. The first-order chi connectivity index (χ1) is 9.76. The number of aryl methyl sites for hydroxylation is 2. The normalized spacial score (nSPS) is 19.6. The molecule has 0 saturated carbocycles. The first-order valence-corrected chi connectivity index (χ1v) is 7.27. The third kappa shape index (κ3) is 2.76. The lowest BCUT2D eigenvalue weighted by molar-refractivity contribution is 0.319. The van der Waals surface area contributed by atoms with Crippen LogP contribution in [0.4, 0.5) is 0 Å². The first kappa shape index (κ1) is 13.3. The molecule has 1 heterocycles. The Labute approximate surface area is 120 Å². The van der Waals surface area contributed by atoms with Crippen molar-refractivity contribution in [1.29, 1.82) is 0 Å². The molecule has 2 aromatic rings. The number of nitrogens with zero attached hydrogens (tertiary/aromatic N) is 2. The van der Waals surface area contributed by atoms with Crippen LogP contribution in [0, 0.1) is 5.92 Å². The highest BCUT2D eigenvalue weighted by molar-refractivity contribution is 5.30. The minimum Gasteiger partial charge on any atom is -0.276 e. The minimum atomic E-state index is 0.290. The Hall–Kier alpha value is -1.65. The molecule has 106 valence electrons. The van der Waals surface area contributed by atoms with Gasteiger partial charge in [-0.1, -0.05) is 24.3 Å². The Kier molecular flexibility index (Phi) is 3.85. The second-order valence-electron chi connectivity index (χ2n) is 5.73. The SMILES string of the molecule is Cn1ccc(CC(NN)C2CCc3ccccc3C2)n1. The molecule has 0 aliphatic heterocycles. The fourth-order valence-corrected chi connectivity index (χ4v) is 3.23. The van der Waals surface area contributed by atoms with E-state index in [1.54, 1.807) is 0 Å². The van der Waals surface area contributed by atoms with Gasteiger partial charge in [0.1, 0.15) is 0 Å². The van der Waals surface area contributed by atoms with Crippen molar-refractivity contribution in [3.8, 4) is 0 Å². The molecule has 1 aromatic heterocycles. The van der Waals surface area contributed by atoms with Crippen molar-refractivity contribution in [3.05, 3.63) is 53.3 Å². The van der Waals surface area contributed by atoms with Gasteiger partial charge in [0.25, 0.3) is 0 Å². The highest BCUT2D eigenvalue weighted by Gasteiger charge is 2.26. The van der Waals surface area contributed by atoms with E-state index in [1.165, 1.54) is 17.5 Å². The Balaban J connectivity index is 1.71. The van der Waals surface area contributed by atoms with Crippen molar-refractivity contribution >= 4 is 0 Å². The van der Waals surface area contributed by atoms with Gasteiger partial charge in [0, 0.05) is 25.7 Å². The molecule has 20 heavy (non-hydrogen) atoms. The topological polar surface area (TPSA) is 55.9 Å². The predicted octanol–water partition coefficient (Wildman–Crippen LogP) is 1.60. The van der Waals surface area contributed by atoms with Crippen LogP contribution < -0.4 is 11.3 Å². The van der Waals surface area contributed by atoms with Crippen molar-refractivity contribution in [1.82, 2.24) is 15.2 Å². The predicted molar refractivity (Wildman–Crippen MR) is 80.0 cm³/mol. The molecule has 2 unspecified atom stereocenters. The summed E-state index contributed by atoms with van der Waals surface area (Å²) in [6.07, 6.45) is 6.33. The Morgan fingerprint density at radius 1 is 1.35 bits per heavy atom. The van der Waals surface area contributed by atoms with Crippen LogP contribution in [0.3, 0.4) is 0 Å². The van der Waals surface area contributed by atoms with Gasteiger partial charge in [-0.05, 0) is 42.4 Å². The molecular weight excluding hydrogens is 248 g/mol. The van der Waals surface area contributed by atoms with Crippen LogP contribution in [0.1, 0.15) is 23.2 Å². The molecule has 0 amide bonds. The maximum Gasteiger partial charge on any atom is 0.0640 e. The van der Waals surface area contributed by atoms with Crippen molar-refractivity contribution in [2.75, 3.05) is 0 Å². The second kappa shape index (κ2) is 5.77. The van der Waals surface area contributed by atoms with E-state index in [1.807, 2.05) is 17.9 Å². The van der Waals surface area contributed by atoms with Gasteiger partial charge in [-0.2, -0.15) is 5.10 Å². The van der Waals surface area contributed by atoms with E-state index < -0.39 is 0 Å². The number of fused-ring (bicyclic) bond motifs is 1. The average Bonchev–Trinajstić information content (AvgIpc) is 2.89. The van der Waals surface area contributed by atoms with E-state index >= 15 is 0 Å². The molecule has 0 radical (unpaired) electrons. The summed E-state index contributed by atoms with van der Waals surface area (Å²) in [6, 6.07) is 11.1. The maximum absolute atomic E-state index is 5.79. The zero-order chi connectivity index (χ0) is 13.9.